The van der Waals surface area contributed by atoms with Crippen molar-refractivity contribution in [1.29, 1.82) is 0 Å². The Morgan fingerprint density at radius 2 is 2.09 bits per heavy atom. The van der Waals surface area contributed by atoms with E-state index in [0.717, 1.165) is 10.6 Å². The van der Waals surface area contributed by atoms with Gasteiger partial charge in [0.1, 0.15) is 5.01 Å². The fourth-order valence-corrected chi connectivity index (χ4v) is 2.42. The maximum absolute atomic E-state index is 11.7. The number of hydrogen-bond acceptors (Lipinski definition) is 6. The van der Waals surface area contributed by atoms with E-state index in [1.54, 1.807) is 6.92 Å². The molecule has 8 heteroatoms. The van der Waals surface area contributed by atoms with Crippen molar-refractivity contribution in [3.8, 4) is 0 Å². The molecule has 0 saturated carbocycles. The van der Waals surface area contributed by atoms with Gasteiger partial charge in [0.15, 0.2) is 0 Å². The summed E-state index contributed by atoms with van der Waals surface area (Å²) in [5.41, 5.74) is 1.04. The molecule has 3 N–H and O–H groups in total. The molecule has 0 bridgehead atoms. The first-order valence-corrected chi connectivity index (χ1v) is 8.06. The first-order chi connectivity index (χ1) is 11.0. The van der Waals surface area contributed by atoms with Crippen molar-refractivity contribution in [2.75, 3.05) is 18.5 Å². The Labute approximate surface area is 138 Å². The number of rotatable bonds is 7. The number of aliphatic hydroxyl groups excluding tert-OH is 1. The summed E-state index contributed by atoms with van der Waals surface area (Å²) in [6.07, 6.45) is -0.910. The molecule has 23 heavy (non-hydrogen) atoms. The van der Waals surface area contributed by atoms with Crippen molar-refractivity contribution in [3.63, 3.8) is 0 Å². The summed E-state index contributed by atoms with van der Waals surface area (Å²) in [5, 5.41) is 23.8. The van der Waals surface area contributed by atoms with E-state index in [1.165, 1.54) is 11.3 Å². The van der Waals surface area contributed by atoms with Crippen LogP contribution in [0, 0.1) is 6.92 Å². The molecule has 0 radical (unpaired) electrons. The SMILES string of the molecule is Cc1nnc(NC(=O)NC[C@@H](O)CO[C@H](C)c2ccccc2)s1. The number of aromatic nitrogens is 2. The highest BCUT2D eigenvalue weighted by Gasteiger charge is 2.12. The van der Waals surface area contributed by atoms with Gasteiger partial charge in [-0.25, -0.2) is 4.79 Å². The van der Waals surface area contributed by atoms with Crippen LogP contribution >= 0.6 is 11.3 Å². The lowest BCUT2D eigenvalue weighted by atomic mass is 10.1. The van der Waals surface area contributed by atoms with Crippen LogP contribution in [0.2, 0.25) is 0 Å². The predicted octanol–water partition coefficient (Wildman–Crippen LogP) is 2.11. The third-order valence-electron chi connectivity index (χ3n) is 3.05. The number of amides is 2. The Morgan fingerprint density at radius 1 is 1.35 bits per heavy atom. The van der Waals surface area contributed by atoms with Gasteiger partial charge >= 0.3 is 6.03 Å². The highest BCUT2D eigenvalue weighted by molar-refractivity contribution is 7.15. The van der Waals surface area contributed by atoms with Gasteiger partial charge in [-0.15, -0.1) is 10.2 Å². The maximum atomic E-state index is 11.7. The second-order valence-electron chi connectivity index (χ2n) is 5.00. The molecule has 0 aliphatic rings. The molecule has 1 heterocycles. The molecule has 0 fully saturated rings. The summed E-state index contributed by atoms with van der Waals surface area (Å²) in [6.45, 7) is 3.94. The van der Waals surface area contributed by atoms with Crippen LogP contribution in [0.25, 0.3) is 0 Å². The number of aliphatic hydroxyl groups is 1. The van der Waals surface area contributed by atoms with Crippen molar-refractivity contribution in [3.05, 3.63) is 40.9 Å². The topological polar surface area (TPSA) is 96.4 Å². The fraction of sp³-hybridized carbons (Fsp3) is 0.400. The minimum Gasteiger partial charge on any atom is -0.389 e. The normalized spacial score (nSPS) is 13.3. The van der Waals surface area contributed by atoms with E-state index in [9.17, 15) is 9.90 Å². The van der Waals surface area contributed by atoms with Gasteiger partial charge in [0.25, 0.3) is 0 Å². The Balaban J connectivity index is 1.66. The number of nitrogens with one attached hydrogen (secondary N) is 2. The van der Waals surface area contributed by atoms with Gasteiger partial charge in [-0.1, -0.05) is 41.7 Å². The molecular weight excluding hydrogens is 316 g/mol. The molecule has 124 valence electrons. The number of carbonyl (C=O) groups excluding carboxylic acids is 1. The molecule has 0 aliphatic carbocycles. The van der Waals surface area contributed by atoms with Crippen LogP contribution in [0.4, 0.5) is 9.93 Å². The van der Waals surface area contributed by atoms with Crippen LogP contribution in [0.5, 0.6) is 0 Å². The zero-order valence-corrected chi connectivity index (χ0v) is 13.8. The quantitative estimate of drug-likeness (QED) is 0.719. The van der Waals surface area contributed by atoms with E-state index in [4.69, 9.17) is 4.74 Å². The molecule has 7 nitrogen and oxygen atoms in total. The largest absolute Gasteiger partial charge is 0.389 e. The van der Waals surface area contributed by atoms with E-state index in [0.29, 0.717) is 5.13 Å². The molecule has 1 aromatic heterocycles. The number of benzene rings is 1. The molecule has 2 aromatic rings. The highest BCUT2D eigenvalue weighted by Crippen LogP contribution is 2.16. The van der Waals surface area contributed by atoms with E-state index in [2.05, 4.69) is 20.8 Å². The van der Waals surface area contributed by atoms with Crippen molar-refractivity contribution in [2.45, 2.75) is 26.1 Å². The lowest BCUT2D eigenvalue weighted by Gasteiger charge is -2.17. The van der Waals surface area contributed by atoms with Crippen LogP contribution in [0.1, 0.15) is 23.6 Å². The summed E-state index contributed by atoms with van der Waals surface area (Å²) < 4.78 is 5.60. The third-order valence-corrected chi connectivity index (χ3v) is 3.81. The Bertz CT molecular complexity index is 620. The summed E-state index contributed by atoms with van der Waals surface area (Å²) >= 11 is 1.28. The van der Waals surface area contributed by atoms with Crippen molar-refractivity contribution in [1.82, 2.24) is 15.5 Å². The molecule has 0 unspecified atom stereocenters. The lowest BCUT2D eigenvalue weighted by Crippen LogP contribution is -2.37. The van der Waals surface area contributed by atoms with Gasteiger partial charge in [-0.2, -0.15) is 0 Å². The monoisotopic (exact) mass is 336 g/mol. The van der Waals surface area contributed by atoms with Gasteiger partial charge in [0.2, 0.25) is 5.13 Å². The average Bonchev–Trinajstić information content (AvgIpc) is 2.96. The number of hydrogen-bond donors (Lipinski definition) is 3. The number of anilines is 1. The second kappa shape index (κ2) is 8.56. The minimum atomic E-state index is -0.789. The van der Waals surface area contributed by atoms with Gasteiger partial charge < -0.3 is 15.2 Å². The van der Waals surface area contributed by atoms with E-state index >= 15 is 0 Å². The molecule has 2 atom stereocenters. The third kappa shape index (κ3) is 5.93. The molecule has 0 spiro atoms. The van der Waals surface area contributed by atoms with E-state index in [-0.39, 0.29) is 19.3 Å². The average molecular weight is 336 g/mol. The number of nitrogens with zero attached hydrogens (tertiary/aromatic N) is 2. The number of aryl methyl sites for hydroxylation is 1. The van der Waals surface area contributed by atoms with Gasteiger partial charge in [-0.05, 0) is 19.4 Å². The first kappa shape index (κ1) is 17.3. The predicted molar refractivity (Wildman–Crippen MR) is 88.5 cm³/mol. The van der Waals surface area contributed by atoms with Crippen LogP contribution in [0.15, 0.2) is 30.3 Å². The van der Waals surface area contributed by atoms with Gasteiger partial charge in [0, 0.05) is 6.54 Å². The van der Waals surface area contributed by atoms with Crippen LogP contribution < -0.4 is 10.6 Å². The zero-order chi connectivity index (χ0) is 16.7. The van der Waals surface area contributed by atoms with Crippen molar-refractivity contribution >= 4 is 22.5 Å². The molecule has 2 amide bonds. The second-order valence-corrected chi connectivity index (χ2v) is 6.18. The summed E-state index contributed by atoms with van der Waals surface area (Å²) in [6, 6.07) is 9.31. The highest BCUT2D eigenvalue weighted by atomic mass is 32.1. The summed E-state index contributed by atoms with van der Waals surface area (Å²) in [5.74, 6) is 0. The molecule has 0 saturated heterocycles. The Kier molecular flexibility index (Phi) is 6.45. The van der Waals surface area contributed by atoms with Crippen molar-refractivity contribution in [2.24, 2.45) is 0 Å². The summed E-state index contributed by atoms with van der Waals surface area (Å²) in [4.78, 5) is 11.7. The van der Waals surface area contributed by atoms with Crippen LogP contribution in [0.3, 0.4) is 0 Å². The van der Waals surface area contributed by atoms with Crippen molar-refractivity contribution < 1.29 is 14.6 Å². The van der Waals surface area contributed by atoms with Crippen LogP contribution in [-0.4, -0.2) is 40.6 Å². The number of urea groups is 1. The maximum Gasteiger partial charge on any atom is 0.321 e. The number of carbonyl (C=O) groups is 1. The number of ether oxygens (including phenoxy) is 1. The molecular formula is C15H20N4O3S. The van der Waals surface area contributed by atoms with E-state index in [1.807, 2.05) is 37.3 Å². The Hall–Kier alpha value is -2.03. The smallest absolute Gasteiger partial charge is 0.321 e. The first-order valence-electron chi connectivity index (χ1n) is 7.24. The standard InChI is InChI=1S/C15H20N4O3S/c1-10(12-6-4-3-5-7-12)22-9-13(20)8-16-14(21)17-15-19-18-11(2)23-15/h3-7,10,13,20H,8-9H2,1-2H3,(H2,16,17,19,21)/t10-,13-/m1/s1. The molecule has 0 aliphatic heterocycles. The zero-order valence-electron chi connectivity index (χ0n) is 13.0. The fourth-order valence-electron chi connectivity index (χ4n) is 1.83. The van der Waals surface area contributed by atoms with Gasteiger partial charge in [-0.3, -0.25) is 5.32 Å². The molecule has 1 aromatic carbocycles. The Morgan fingerprint density at radius 3 is 2.74 bits per heavy atom. The molecule has 2 rings (SSSR count). The lowest BCUT2D eigenvalue weighted by molar-refractivity contribution is -0.000953. The summed E-state index contributed by atoms with van der Waals surface area (Å²) in [7, 11) is 0. The minimum absolute atomic E-state index is 0.0884. The van der Waals surface area contributed by atoms with E-state index < -0.39 is 12.1 Å². The van der Waals surface area contributed by atoms with Crippen LogP contribution in [-0.2, 0) is 4.74 Å². The van der Waals surface area contributed by atoms with Gasteiger partial charge in [0.05, 0.1) is 18.8 Å².